The normalized spacial score (nSPS) is 12.4. The minimum atomic E-state index is -0.918. The first-order valence-electron chi connectivity index (χ1n) is 4.75. The second-order valence-corrected chi connectivity index (χ2v) is 3.49. The fourth-order valence-electron chi connectivity index (χ4n) is 1.11. The number of carboxylic acid groups (broad SMARTS) is 1. The zero-order valence-electron chi connectivity index (χ0n) is 8.64. The third-order valence-corrected chi connectivity index (χ3v) is 1.85. The van der Waals surface area contributed by atoms with E-state index in [2.05, 4.69) is 0 Å². The van der Waals surface area contributed by atoms with Crippen LogP contribution in [-0.4, -0.2) is 23.7 Å². The molecule has 0 amide bonds. The minimum absolute atomic E-state index is 0.0169. The van der Waals surface area contributed by atoms with Crippen molar-refractivity contribution >= 4 is 5.97 Å². The Balaban J connectivity index is 2.46. The molecule has 0 bridgehead atoms. The summed E-state index contributed by atoms with van der Waals surface area (Å²) in [4.78, 5) is 10.6. The van der Waals surface area contributed by atoms with Gasteiger partial charge in [-0.3, -0.25) is 0 Å². The molecule has 3 N–H and O–H groups in total. The lowest BCUT2D eigenvalue weighted by molar-refractivity contribution is 0.0696. The molecule has 1 aromatic carbocycles. The summed E-state index contributed by atoms with van der Waals surface area (Å²) >= 11 is 0. The lowest BCUT2D eigenvalue weighted by Crippen LogP contribution is -2.21. The largest absolute Gasteiger partial charge is 0.478 e. The number of hydrogen-bond donors (Lipinski definition) is 2. The Hall–Kier alpha value is -1.39. The van der Waals surface area contributed by atoms with Crippen LogP contribution >= 0.6 is 0 Å². The van der Waals surface area contributed by atoms with Gasteiger partial charge >= 0.3 is 5.97 Å². The number of aromatic carboxylic acids is 1. The third-order valence-electron chi connectivity index (χ3n) is 1.85. The highest BCUT2D eigenvalue weighted by Crippen LogP contribution is 2.05. The van der Waals surface area contributed by atoms with Crippen molar-refractivity contribution in [3.8, 4) is 0 Å². The molecule has 15 heavy (non-hydrogen) atoms. The van der Waals surface area contributed by atoms with Crippen LogP contribution < -0.4 is 5.73 Å². The monoisotopic (exact) mass is 209 g/mol. The Morgan fingerprint density at radius 3 is 2.53 bits per heavy atom. The van der Waals surface area contributed by atoms with Gasteiger partial charge in [0.15, 0.2) is 0 Å². The maximum absolute atomic E-state index is 10.6. The molecule has 0 aliphatic heterocycles. The van der Waals surface area contributed by atoms with Crippen molar-refractivity contribution in [1.29, 1.82) is 0 Å². The van der Waals surface area contributed by atoms with Gasteiger partial charge in [-0.05, 0) is 24.6 Å². The SMILES string of the molecule is C[C@@H](N)COCc1ccc(C(=O)O)cc1. The Kier molecular flexibility index (Phi) is 4.27. The molecule has 0 heterocycles. The molecular weight excluding hydrogens is 194 g/mol. The predicted octanol–water partition coefficient (Wildman–Crippen LogP) is 1.25. The quantitative estimate of drug-likeness (QED) is 0.765. The number of nitrogens with two attached hydrogens (primary N) is 1. The zero-order chi connectivity index (χ0) is 11.3. The van der Waals surface area contributed by atoms with Crippen molar-refractivity contribution in [3.63, 3.8) is 0 Å². The lowest BCUT2D eigenvalue weighted by Gasteiger charge is -2.06. The van der Waals surface area contributed by atoms with Crippen molar-refractivity contribution in [1.82, 2.24) is 0 Å². The van der Waals surface area contributed by atoms with E-state index >= 15 is 0 Å². The molecule has 82 valence electrons. The second kappa shape index (κ2) is 5.48. The van der Waals surface area contributed by atoms with E-state index in [4.69, 9.17) is 15.6 Å². The molecule has 4 nitrogen and oxygen atoms in total. The maximum Gasteiger partial charge on any atom is 0.335 e. The number of hydrogen-bond acceptors (Lipinski definition) is 3. The standard InChI is InChI=1S/C11H15NO3/c1-8(12)6-15-7-9-2-4-10(5-3-9)11(13)14/h2-5,8H,6-7,12H2,1H3,(H,13,14)/t8-/m1/s1. The van der Waals surface area contributed by atoms with Crippen LogP contribution in [0.5, 0.6) is 0 Å². The summed E-state index contributed by atoms with van der Waals surface area (Å²) in [6.07, 6.45) is 0. The van der Waals surface area contributed by atoms with E-state index in [-0.39, 0.29) is 11.6 Å². The van der Waals surface area contributed by atoms with Crippen molar-refractivity contribution in [3.05, 3.63) is 35.4 Å². The number of carboxylic acids is 1. The van der Waals surface area contributed by atoms with Crippen LogP contribution in [0.1, 0.15) is 22.8 Å². The smallest absolute Gasteiger partial charge is 0.335 e. The highest BCUT2D eigenvalue weighted by molar-refractivity contribution is 5.87. The van der Waals surface area contributed by atoms with Crippen LogP contribution in [0.15, 0.2) is 24.3 Å². The van der Waals surface area contributed by atoms with Crippen LogP contribution in [0.25, 0.3) is 0 Å². The predicted molar refractivity (Wildman–Crippen MR) is 56.7 cm³/mol. The van der Waals surface area contributed by atoms with E-state index < -0.39 is 5.97 Å². The number of benzene rings is 1. The first-order valence-corrected chi connectivity index (χ1v) is 4.75. The fourth-order valence-corrected chi connectivity index (χ4v) is 1.11. The van der Waals surface area contributed by atoms with Gasteiger partial charge in [-0.1, -0.05) is 12.1 Å². The summed E-state index contributed by atoms with van der Waals surface area (Å²) < 4.78 is 5.31. The summed E-state index contributed by atoms with van der Waals surface area (Å²) in [5, 5.41) is 8.68. The summed E-state index contributed by atoms with van der Waals surface area (Å²) in [5.74, 6) is -0.918. The van der Waals surface area contributed by atoms with Gasteiger partial charge in [-0.15, -0.1) is 0 Å². The van der Waals surface area contributed by atoms with Gasteiger partial charge in [-0.2, -0.15) is 0 Å². The molecule has 0 saturated heterocycles. The molecule has 1 rings (SSSR count). The van der Waals surface area contributed by atoms with Crippen molar-refractivity contribution in [2.75, 3.05) is 6.61 Å². The zero-order valence-corrected chi connectivity index (χ0v) is 8.64. The van der Waals surface area contributed by atoms with Crippen molar-refractivity contribution < 1.29 is 14.6 Å². The molecule has 0 aliphatic carbocycles. The molecule has 0 fully saturated rings. The lowest BCUT2D eigenvalue weighted by atomic mass is 10.1. The third kappa shape index (κ3) is 4.10. The Labute approximate surface area is 88.7 Å². The molecule has 1 aromatic rings. The Bertz CT molecular complexity index is 319. The average molecular weight is 209 g/mol. The summed E-state index contributed by atoms with van der Waals surface area (Å²) in [5.41, 5.74) is 6.75. The van der Waals surface area contributed by atoms with E-state index in [1.54, 1.807) is 24.3 Å². The highest BCUT2D eigenvalue weighted by Gasteiger charge is 2.01. The molecule has 0 aliphatic rings. The summed E-state index contributed by atoms with van der Waals surface area (Å²) in [6, 6.07) is 6.62. The van der Waals surface area contributed by atoms with Crippen LogP contribution in [0.4, 0.5) is 0 Å². The minimum Gasteiger partial charge on any atom is -0.478 e. The van der Waals surface area contributed by atoms with Gasteiger partial charge < -0.3 is 15.6 Å². The average Bonchev–Trinajstić information content (AvgIpc) is 2.18. The van der Waals surface area contributed by atoms with Crippen LogP contribution in [0.2, 0.25) is 0 Å². The number of ether oxygens (including phenoxy) is 1. The van der Waals surface area contributed by atoms with Gasteiger partial charge in [0.1, 0.15) is 0 Å². The Morgan fingerprint density at radius 1 is 1.47 bits per heavy atom. The summed E-state index contributed by atoms with van der Waals surface area (Å²) in [7, 11) is 0. The molecule has 0 aromatic heterocycles. The molecule has 0 saturated carbocycles. The topological polar surface area (TPSA) is 72.5 Å². The van der Waals surface area contributed by atoms with E-state index in [0.29, 0.717) is 13.2 Å². The van der Waals surface area contributed by atoms with Crippen molar-refractivity contribution in [2.45, 2.75) is 19.6 Å². The first kappa shape index (κ1) is 11.7. The van der Waals surface area contributed by atoms with Gasteiger partial charge in [0.05, 0.1) is 18.8 Å². The van der Waals surface area contributed by atoms with Gasteiger partial charge in [0, 0.05) is 6.04 Å². The fraction of sp³-hybridized carbons (Fsp3) is 0.364. The van der Waals surface area contributed by atoms with E-state index in [9.17, 15) is 4.79 Å². The van der Waals surface area contributed by atoms with E-state index in [0.717, 1.165) is 5.56 Å². The number of rotatable bonds is 5. The molecular formula is C11H15NO3. The molecule has 0 radical (unpaired) electrons. The van der Waals surface area contributed by atoms with E-state index in [1.165, 1.54) is 0 Å². The highest BCUT2D eigenvalue weighted by atomic mass is 16.5. The van der Waals surface area contributed by atoms with Gasteiger partial charge in [0.25, 0.3) is 0 Å². The summed E-state index contributed by atoms with van der Waals surface area (Å²) in [6.45, 7) is 2.83. The molecule has 1 atom stereocenters. The second-order valence-electron chi connectivity index (χ2n) is 3.49. The molecule has 0 spiro atoms. The molecule has 4 heteroatoms. The Morgan fingerprint density at radius 2 is 2.07 bits per heavy atom. The van der Waals surface area contributed by atoms with Crippen LogP contribution in [0, 0.1) is 0 Å². The van der Waals surface area contributed by atoms with Gasteiger partial charge in [0.2, 0.25) is 0 Å². The van der Waals surface area contributed by atoms with E-state index in [1.807, 2.05) is 6.92 Å². The van der Waals surface area contributed by atoms with Crippen LogP contribution in [0.3, 0.4) is 0 Å². The van der Waals surface area contributed by atoms with Gasteiger partial charge in [-0.25, -0.2) is 4.79 Å². The number of carbonyl (C=O) groups is 1. The van der Waals surface area contributed by atoms with Crippen LogP contribution in [-0.2, 0) is 11.3 Å². The molecule has 0 unspecified atom stereocenters. The first-order chi connectivity index (χ1) is 7.09. The maximum atomic E-state index is 10.6. The van der Waals surface area contributed by atoms with Crippen molar-refractivity contribution in [2.24, 2.45) is 5.73 Å².